The highest BCUT2D eigenvalue weighted by molar-refractivity contribution is 7.15. The Bertz CT molecular complexity index is 750. The van der Waals surface area contributed by atoms with E-state index in [1.807, 2.05) is 36.7 Å². The summed E-state index contributed by atoms with van der Waals surface area (Å²) in [5.74, 6) is 0.669. The number of fused-ring (bicyclic) bond motifs is 1. The van der Waals surface area contributed by atoms with Crippen LogP contribution in [0, 0.1) is 6.92 Å². The largest absolute Gasteiger partial charge is 0.495 e. The molecule has 3 aromatic rings. The molecule has 0 aliphatic heterocycles. The number of hydrogen-bond acceptors (Lipinski definition) is 4. The van der Waals surface area contributed by atoms with Crippen molar-refractivity contribution >= 4 is 33.6 Å². The van der Waals surface area contributed by atoms with Crippen LogP contribution in [0.5, 0.6) is 5.75 Å². The Morgan fingerprint density at radius 1 is 1.45 bits per heavy atom. The normalized spacial score (nSPS) is 10.9. The first-order chi connectivity index (χ1) is 9.69. The zero-order valence-electron chi connectivity index (χ0n) is 11.2. The van der Waals surface area contributed by atoms with Crippen molar-refractivity contribution in [1.29, 1.82) is 0 Å². The van der Waals surface area contributed by atoms with E-state index in [2.05, 4.69) is 14.7 Å². The standard InChI is InChI=1S/C14H14ClN3OS/c1-9-12(18-5-6-20-14(18)17-9)8-16-10-3-4-11(15)13(7-10)19-2/h3-7,16H,8H2,1-2H3. The number of halogens is 1. The zero-order valence-corrected chi connectivity index (χ0v) is 12.8. The third kappa shape index (κ3) is 2.34. The van der Waals surface area contributed by atoms with Crippen molar-refractivity contribution in [3.05, 3.63) is 46.2 Å². The van der Waals surface area contributed by atoms with E-state index < -0.39 is 0 Å². The van der Waals surface area contributed by atoms with Gasteiger partial charge in [0.15, 0.2) is 4.96 Å². The van der Waals surface area contributed by atoms with Gasteiger partial charge in [0.1, 0.15) is 5.75 Å². The van der Waals surface area contributed by atoms with Gasteiger partial charge in [0, 0.05) is 23.3 Å². The van der Waals surface area contributed by atoms with E-state index in [4.69, 9.17) is 16.3 Å². The van der Waals surface area contributed by atoms with Gasteiger partial charge in [-0.25, -0.2) is 4.98 Å². The predicted molar refractivity (Wildman–Crippen MR) is 83.1 cm³/mol. The Labute approximate surface area is 126 Å². The van der Waals surface area contributed by atoms with E-state index in [0.717, 1.165) is 22.0 Å². The van der Waals surface area contributed by atoms with Crippen LogP contribution >= 0.6 is 22.9 Å². The molecule has 0 spiro atoms. The molecule has 1 N–H and O–H groups in total. The Morgan fingerprint density at radius 2 is 2.30 bits per heavy atom. The molecule has 3 rings (SSSR count). The molecule has 0 radical (unpaired) electrons. The summed E-state index contributed by atoms with van der Waals surface area (Å²) < 4.78 is 7.33. The molecule has 4 nitrogen and oxygen atoms in total. The fraction of sp³-hybridized carbons (Fsp3) is 0.214. The second-order valence-corrected chi connectivity index (χ2v) is 5.68. The minimum absolute atomic E-state index is 0.610. The Balaban J connectivity index is 1.82. The summed E-state index contributed by atoms with van der Waals surface area (Å²) in [6.45, 7) is 2.73. The fourth-order valence-corrected chi connectivity index (χ4v) is 3.08. The lowest BCUT2D eigenvalue weighted by Gasteiger charge is -2.09. The molecular weight excluding hydrogens is 294 g/mol. The second kappa shape index (κ2) is 5.34. The Morgan fingerprint density at radius 3 is 3.10 bits per heavy atom. The van der Waals surface area contributed by atoms with E-state index in [-0.39, 0.29) is 0 Å². The number of thiazole rings is 1. The quantitative estimate of drug-likeness (QED) is 0.792. The molecule has 0 aliphatic carbocycles. The molecule has 20 heavy (non-hydrogen) atoms. The number of nitrogens with one attached hydrogen (secondary N) is 1. The molecule has 2 heterocycles. The number of aromatic nitrogens is 2. The molecule has 0 saturated carbocycles. The number of nitrogens with zero attached hydrogens (tertiary/aromatic N) is 2. The maximum absolute atomic E-state index is 6.02. The summed E-state index contributed by atoms with van der Waals surface area (Å²) in [6, 6.07) is 5.65. The Hall–Kier alpha value is -1.72. The summed E-state index contributed by atoms with van der Waals surface area (Å²) >= 11 is 7.66. The van der Waals surface area contributed by atoms with Crippen LogP contribution in [0.4, 0.5) is 5.69 Å². The lowest BCUT2D eigenvalue weighted by molar-refractivity contribution is 0.415. The van der Waals surface area contributed by atoms with Crippen LogP contribution < -0.4 is 10.1 Å². The molecule has 6 heteroatoms. The van der Waals surface area contributed by atoms with Crippen molar-refractivity contribution in [2.75, 3.05) is 12.4 Å². The highest BCUT2D eigenvalue weighted by atomic mass is 35.5. The fourth-order valence-electron chi connectivity index (χ4n) is 2.11. The van der Waals surface area contributed by atoms with Gasteiger partial charge in [-0.05, 0) is 19.1 Å². The van der Waals surface area contributed by atoms with Crippen molar-refractivity contribution in [3.63, 3.8) is 0 Å². The molecule has 2 aromatic heterocycles. The topological polar surface area (TPSA) is 38.6 Å². The smallest absolute Gasteiger partial charge is 0.194 e. The van der Waals surface area contributed by atoms with Gasteiger partial charge >= 0.3 is 0 Å². The molecule has 0 fully saturated rings. The highest BCUT2D eigenvalue weighted by Crippen LogP contribution is 2.28. The average Bonchev–Trinajstić information content (AvgIpc) is 2.99. The number of hydrogen-bond donors (Lipinski definition) is 1. The molecule has 0 unspecified atom stereocenters. The third-order valence-corrected chi connectivity index (χ3v) is 4.24. The first-order valence-electron chi connectivity index (χ1n) is 6.17. The summed E-state index contributed by atoms with van der Waals surface area (Å²) in [6.07, 6.45) is 2.04. The summed E-state index contributed by atoms with van der Waals surface area (Å²) in [5, 5.41) is 6.03. The average molecular weight is 308 g/mol. The van der Waals surface area contributed by atoms with Crippen LogP contribution in [0.2, 0.25) is 5.02 Å². The van der Waals surface area contributed by atoms with E-state index >= 15 is 0 Å². The lowest BCUT2D eigenvalue weighted by Crippen LogP contribution is -2.03. The first-order valence-corrected chi connectivity index (χ1v) is 7.43. The van der Waals surface area contributed by atoms with Crippen molar-refractivity contribution in [3.8, 4) is 5.75 Å². The lowest BCUT2D eigenvalue weighted by atomic mass is 10.2. The summed E-state index contributed by atoms with van der Waals surface area (Å²) in [4.78, 5) is 5.55. The molecule has 1 aromatic carbocycles. The van der Waals surface area contributed by atoms with Crippen LogP contribution in [-0.2, 0) is 6.54 Å². The number of anilines is 1. The summed E-state index contributed by atoms with van der Waals surface area (Å²) in [7, 11) is 1.61. The minimum atomic E-state index is 0.610. The molecular formula is C14H14ClN3OS. The number of benzene rings is 1. The van der Waals surface area contributed by atoms with E-state index in [0.29, 0.717) is 17.3 Å². The third-order valence-electron chi connectivity index (χ3n) is 3.17. The number of rotatable bonds is 4. The van der Waals surface area contributed by atoms with Gasteiger partial charge in [-0.1, -0.05) is 11.6 Å². The van der Waals surface area contributed by atoms with Gasteiger partial charge < -0.3 is 10.1 Å². The van der Waals surface area contributed by atoms with E-state index in [1.165, 1.54) is 0 Å². The van der Waals surface area contributed by atoms with E-state index in [1.54, 1.807) is 18.4 Å². The molecule has 0 aliphatic rings. The maximum Gasteiger partial charge on any atom is 0.194 e. The number of imidazole rings is 1. The van der Waals surface area contributed by atoms with Crippen molar-refractivity contribution in [2.45, 2.75) is 13.5 Å². The van der Waals surface area contributed by atoms with Gasteiger partial charge in [0.2, 0.25) is 0 Å². The molecule has 0 bridgehead atoms. The first kappa shape index (κ1) is 13.3. The van der Waals surface area contributed by atoms with Gasteiger partial charge in [-0.3, -0.25) is 4.40 Å². The Kier molecular flexibility index (Phi) is 3.54. The van der Waals surface area contributed by atoms with Crippen molar-refractivity contribution < 1.29 is 4.74 Å². The van der Waals surface area contributed by atoms with Crippen molar-refractivity contribution in [2.24, 2.45) is 0 Å². The van der Waals surface area contributed by atoms with Crippen LogP contribution in [-0.4, -0.2) is 16.5 Å². The highest BCUT2D eigenvalue weighted by Gasteiger charge is 2.09. The van der Waals surface area contributed by atoms with Gasteiger partial charge in [-0.15, -0.1) is 11.3 Å². The van der Waals surface area contributed by atoms with Crippen LogP contribution in [0.3, 0.4) is 0 Å². The van der Waals surface area contributed by atoms with E-state index in [9.17, 15) is 0 Å². The minimum Gasteiger partial charge on any atom is -0.495 e. The number of methoxy groups -OCH3 is 1. The molecule has 0 saturated heterocycles. The number of ether oxygens (including phenoxy) is 1. The zero-order chi connectivity index (χ0) is 14.1. The second-order valence-electron chi connectivity index (χ2n) is 4.40. The summed E-state index contributed by atoms with van der Waals surface area (Å²) in [5.41, 5.74) is 3.18. The van der Waals surface area contributed by atoms with Crippen LogP contribution in [0.1, 0.15) is 11.4 Å². The van der Waals surface area contributed by atoms with Gasteiger partial charge in [0.25, 0.3) is 0 Å². The van der Waals surface area contributed by atoms with Gasteiger partial charge in [-0.2, -0.15) is 0 Å². The maximum atomic E-state index is 6.02. The molecule has 104 valence electrons. The van der Waals surface area contributed by atoms with Crippen molar-refractivity contribution in [1.82, 2.24) is 9.38 Å². The number of aryl methyl sites for hydroxylation is 1. The van der Waals surface area contributed by atoms with Crippen LogP contribution in [0.15, 0.2) is 29.8 Å². The predicted octanol–water partition coefficient (Wildman–Crippen LogP) is 3.98. The monoisotopic (exact) mass is 307 g/mol. The van der Waals surface area contributed by atoms with Crippen LogP contribution in [0.25, 0.3) is 4.96 Å². The molecule has 0 amide bonds. The SMILES string of the molecule is COc1cc(NCc2c(C)nc3sccn23)ccc1Cl. The van der Waals surface area contributed by atoms with Gasteiger partial charge in [0.05, 0.1) is 30.1 Å². The molecule has 0 atom stereocenters.